The molecule has 1 saturated carbocycles. The van der Waals surface area contributed by atoms with E-state index in [1.54, 1.807) is 0 Å². The van der Waals surface area contributed by atoms with Gasteiger partial charge >= 0.3 is 0 Å². The Morgan fingerprint density at radius 2 is 1.73 bits per heavy atom. The van der Waals surface area contributed by atoms with Crippen LogP contribution in [0, 0.1) is 11.8 Å². The number of nitrogens with two attached hydrogens (primary N) is 1. The summed E-state index contributed by atoms with van der Waals surface area (Å²) in [6.07, 6.45) is 5.10. The van der Waals surface area contributed by atoms with Crippen LogP contribution in [0.4, 0.5) is 0 Å². The molecule has 2 fully saturated rings. The van der Waals surface area contributed by atoms with Gasteiger partial charge in [-0.05, 0) is 37.5 Å². The van der Waals surface area contributed by atoms with Crippen LogP contribution in [-0.2, 0) is 4.74 Å². The Hall–Kier alpha value is -0.0800. The highest BCUT2D eigenvalue weighted by Crippen LogP contribution is 2.41. The molecule has 0 radical (unpaired) electrons. The molecule has 0 amide bonds. The fourth-order valence-corrected chi connectivity index (χ4v) is 2.08. The Labute approximate surface area is 68.1 Å². The van der Waals surface area contributed by atoms with Crippen molar-refractivity contribution in [3.8, 4) is 0 Å². The zero-order valence-corrected chi connectivity index (χ0v) is 6.96. The smallest absolute Gasteiger partial charge is 0.0480 e. The molecule has 2 N–H and O–H groups in total. The second-order valence-corrected chi connectivity index (χ2v) is 3.85. The first-order chi connectivity index (χ1) is 5.38. The van der Waals surface area contributed by atoms with Gasteiger partial charge in [0.1, 0.15) is 0 Å². The van der Waals surface area contributed by atoms with Crippen molar-refractivity contribution in [2.45, 2.75) is 31.7 Å². The van der Waals surface area contributed by atoms with Crippen LogP contribution >= 0.6 is 0 Å². The van der Waals surface area contributed by atoms with E-state index in [9.17, 15) is 0 Å². The molecule has 2 atom stereocenters. The van der Waals surface area contributed by atoms with Crippen molar-refractivity contribution in [1.29, 1.82) is 0 Å². The van der Waals surface area contributed by atoms with E-state index in [1.165, 1.54) is 19.3 Å². The second kappa shape index (κ2) is 3.11. The summed E-state index contributed by atoms with van der Waals surface area (Å²) in [7, 11) is 0. The zero-order chi connectivity index (χ0) is 7.68. The maximum atomic E-state index is 6.04. The highest BCUT2D eigenvalue weighted by atomic mass is 16.5. The fraction of sp³-hybridized carbons (Fsp3) is 1.00. The fourth-order valence-electron chi connectivity index (χ4n) is 2.08. The number of hydrogen-bond acceptors (Lipinski definition) is 2. The van der Waals surface area contributed by atoms with Crippen LogP contribution in [0.5, 0.6) is 0 Å². The molecule has 2 nitrogen and oxygen atoms in total. The van der Waals surface area contributed by atoms with Crippen LogP contribution in [0.2, 0.25) is 0 Å². The van der Waals surface area contributed by atoms with E-state index in [4.69, 9.17) is 10.5 Å². The van der Waals surface area contributed by atoms with Gasteiger partial charge in [-0.2, -0.15) is 0 Å². The van der Waals surface area contributed by atoms with Crippen molar-refractivity contribution in [3.63, 3.8) is 0 Å². The molecule has 2 unspecified atom stereocenters. The second-order valence-electron chi connectivity index (χ2n) is 3.85. The zero-order valence-electron chi connectivity index (χ0n) is 6.96. The molecule has 2 rings (SSSR count). The molecule has 1 saturated heterocycles. The molecule has 64 valence electrons. The molecule has 0 aromatic carbocycles. The van der Waals surface area contributed by atoms with Gasteiger partial charge < -0.3 is 10.5 Å². The van der Waals surface area contributed by atoms with Gasteiger partial charge in [0.2, 0.25) is 0 Å². The summed E-state index contributed by atoms with van der Waals surface area (Å²) < 4.78 is 5.39. The summed E-state index contributed by atoms with van der Waals surface area (Å²) in [5, 5.41) is 0. The first-order valence-corrected chi connectivity index (χ1v) is 4.71. The summed E-state index contributed by atoms with van der Waals surface area (Å²) in [4.78, 5) is 0. The number of hydrogen-bond donors (Lipinski definition) is 1. The average molecular weight is 155 g/mol. The molecule has 0 aromatic rings. The maximum absolute atomic E-state index is 6.04. The molecule has 1 aliphatic heterocycles. The van der Waals surface area contributed by atoms with E-state index in [2.05, 4.69) is 0 Å². The summed E-state index contributed by atoms with van der Waals surface area (Å²) in [5.74, 6) is 1.73. The lowest BCUT2D eigenvalue weighted by Crippen LogP contribution is -2.31. The van der Waals surface area contributed by atoms with E-state index in [0.717, 1.165) is 31.5 Å². The van der Waals surface area contributed by atoms with E-state index in [0.29, 0.717) is 6.04 Å². The van der Waals surface area contributed by atoms with Gasteiger partial charge in [0.05, 0.1) is 0 Å². The molecule has 2 heteroatoms. The Morgan fingerprint density at radius 3 is 2.45 bits per heavy atom. The Morgan fingerprint density at radius 1 is 1.00 bits per heavy atom. The molecular weight excluding hydrogens is 138 g/mol. The first kappa shape index (κ1) is 7.56. The summed E-state index contributed by atoms with van der Waals surface area (Å²) in [6, 6.07) is 0.421. The molecular formula is C9H17NO. The number of rotatable bonds is 1. The van der Waals surface area contributed by atoms with Crippen LogP contribution in [0.3, 0.4) is 0 Å². The van der Waals surface area contributed by atoms with Gasteiger partial charge in [-0.3, -0.25) is 0 Å². The van der Waals surface area contributed by atoms with E-state index >= 15 is 0 Å². The third-order valence-electron chi connectivity index (χ3n) is 2.97. The average Bonchev–Trinajstić information content (AvgIpc) is 2.74. The molecule has 1 aliphatic carbocycles. The highest BCUT2D eigenvalue weighted by Gasteiger charge is 2.35. The third kappa shape index (κ3) is 1.74. The Balaban J connectivity index is 1.91. The summed E-state index contributed by atoms with van der Waals surface area (Å²) >= 11 is 0. The van der Waals surface area contributed by atoms with E-state index < -0.39 is 0 Å². The highest BCUT2D eigenvalue weighted by molar-refractivity contribution is 4.88. The summed E-state index contributed by atoms with van der Waals surface area (Å²) in [6.45, 7) is 1.82. The predicted octanol–water partition coefficient (Wildman–Crippen LogP) is 1.15. The van der Waals surface area contributed by atoms with Gasteiger partial charge in [0.15, 0.2) is 0 Å². The van der Waals surface area contributed by atoms with Gasteiger partial charge in [0.25, 0.3) is 0 Å². The lowest BCUT2D eigenvalue weighted by molar-refractivity contribution is 0.140. The van der Waals surface area contributed by atoms with Crippen molar-refractivity contribution >= 4 is 0 Å². The maximum Gasteiger partial charge on any atom is 0.0480 e. The Kier molecular flexibility index (Phi) is 2.14. The van der Waals surface area contributed by atoms with Gasteiger partial charge in [-0.15, -0.1) is 0 Å². The largest absolute Gasteiger partial charge is 0.381 e. The standard InChI is InChI=1S/C9H17NO/c10-9-4-6-11-5-3-8(9)7-1-2-7/h7-9H,1-6,10H2. The van der Waals surface area contributed by atoms with Crippen LogP contribution in [0.1, 0.15) is 25.7 Å². The number of ether oxygens (including phenoxy) is 1. The van der Waals surface area contributed by atoms with Crippen LogP contribution in [-0.4, -0.2) is 19.3 Å². The van der Waals surface area contributed by atoms with Crippen molar-refractivity contribution < 1.29 is 4.74 Å². The van der Waals surface area contributed by atoms with Crippen LogP contribution in [0.25, 0.3) is 0 Å². The van der Waals surface area contributed by atoms with E-state index in [1.807, 2.05) is 0 Å². The lowest BCUT2D eigenvalue weighted by Gasteiger charge is -2.19. The molecule has 1 heterocycles. The minimum absolute atomic E-state index is 0.421. The normalized spacial score (nSPS) is 40.1. The SMILES string of the molecule is NC1CCOCCC1C1CC1. The summed E-state index contributed by atoms with van der Waals surface area (Å²) in [5.41, 5.74) is 6.04. The van der Waals surface area contributed by atoms with Crippen molar-refractivity contribution in [3.05, 3.63) is 0 Å². The molecule has 11 heavy (non-hydrogen) atoms. The van der Waals surface area contributed by atoms with Crippen molar-refractivity contribution in [2.75, 3.05) is 13.2 Å². The third-order valence-corrected chi connectivity index (χ3v) is 2.97. The minimum atomic E-state index is 0.421. The van der Waals surface area contributed by atoms with Crippen molar-refractivity contribution in [2.24, 2.45) is 17.6 Å². The van der Waals surface area contributed by atoms with Crippen LogP contribution in [0.15, 0.2) is 0 Å². The minimum Gasteiger partial charge on any atom is -0.381 e. The van der Waals surface area contributed by atoms with Crippen LogP contribution < -0.4 is 5.73 Å². The molecule has 0 aromatic heterocycles. The topological polar surface area (TPSA) is 35.2 Å². The van der Waals surface area contributed by atoms with E-state index in [-0.39, 0.29) is 0 Å². The molecule has 0 bridgehead atoms. The Bertz CT molecular complexity index is 134. The van der Waals surface area contributed by atoms with Gasteiger partial charge in [-0.25, -0.2) is 0 Å². The predicted molar refractivity (Wildman–Crippen MR) is 44.2 cm³/mol. The van der Waals surface area contributed by atoms with Gasteiger partial charge in [0, 0.05) is 19.3 Å². The molecule has 0 spiro atoms. The quantitative estimate of drug-likeness (QED) is 0.616. The monoisotopic (exact) mass is 155 g/mol. The first-order valence-electron chi connectivity index (χ1n) is 4.71. The molecule has 2 aliphatic rings. The van der Waals surface area contributed by atoms with Gasteiger partial charge in [-0.1, -0.05) is 0 Å². The lowest BCUT2D eigenvalue weighted by atomic mass is 9.91. The van der Waals surface area contributed by atoms with Crippen molar-refractivity contribution in [1.82, 2.24) is 0 Å².